The molecule has 0 saturated carbocycles. The van der Waals surface area contributed by atoms with Crippen LogP contribution in [0, 0.1) is 0 Å². The van der Waals surface area contributed by atoms with Gasteiger partial charge in [-0.1, -0.05) is 219 Å². The number of nitrogens with one attached hydrogen (secondary N) is 1. The summed E-state index contributed by atoms with van der Waals surface area (Å²) in [6.07, 6.45) is 35.4. The number of hydrogen-bond acceptors (Lipinski definition) is 8. The van der Waals surface area contributed by atoms with Gasteiger partial charge in [0.25, 0.3) is 0 Å². The molecule has 334 valence electrons. The molecule has 1 saturated heterocycles. The van der Waals surface area contributed by atoms with E-state index in [-0.39, 0.29) is 12.5 Å². The van der Waals surface area contributed by atoms with Crippen molar-refractivity contribution in [2.24, 2.45) is 0 Å². The second-order valence-corrected chi connectivity index (χ2v) is 17.3. The summed E-state index contributed by atoms with van der Waals surface area (Å²) < 4.78 is 11.3. The topological polar surface area (TPSA) is 149 Å². The van der Waals surface area contributed by atoms with E-state index in [9.17, 15) is 30.3 Å². The Labute approximate surface area is 344 Å². The van der Waals surface area contributed by atoms with E-state index < -0.39 is 49.5 Å². The molecule has 0 spiro atoms. The molecule has 56 heavy (non-hydrogen) atoms. The predicted molar refractivity (Wildman–Crippen MR) is 231 cm³/mol. The highest BCUT2D eigenvalue weighted by atomic mass is 16.7. The summed E-state index contributed by atoms with van der Waals surface area (Å²) in [7, 11) is 0. The Kier molecular flexibility index (Phi) is 36.5. The van der Waals surface area contributed by atoms with Crippen LogP contribution in [0.2, 0.25) is 0 Å². The lowest BCUT2D eigenvalue weighted by Crippen LogP contribution is -2.60. The largest absolute Gasteiger partial charge is 0.394 e. The van der Waals surface area contributed by atoms with Crippen molar-refractivity contribution < 1.29 is 39.8 Å². The lowest BCUT2D eigenvalue weighted by molar-refractivity contribution is -0.302. The van der Waals surface area contributed by atoms with Crippen molar-refractivity contribution in [1.82, 2.24) is 5.32 Å². The molecule has 0 radical (unpaired) electrons. The maximum Gasteiger partial charge on any atom is 0.220 e. The predicted octanol–water partition coefficient (Wildman–Crippen LogP) is 10.3. The first-order valence-electron chi connectivity index (χ1n) is 24.2. The number of aliphatic hydroxyl groups excluding tert-OH is 5. The van der Waals surface area contributed by atoms with E-state index in [0.717, 1.165) is 38.5 Å². The van der Waals surface area contributed by atoms with E-state index in [2.05, 4.69) is 19.2 Å². The molecule has 1 heterocycles. The average molecular weight is 800 g/mol. The van der Waals surface area contributed by atoms with Crippen molar-refractivity contribution in [2.75, 3.05) is 13.2 Å². The standard InChI is InChI=1S/C47H93NO8/c1-3-5-7-9-11-13-15-17-18-19-20-21-22-23-25-27-29-31-33-35-37-43(51)48-40(39-55-47-46(54)45(53)44(52)42(38-49)56-47)41(50)36-34-32-30-28-26-24-16-14-12-10-8-6-4-2/h40-42,44-47,49-50,52-54H,3-39H2,1-2H3,(H,48,51)/t40-,41+,42+,44-,45-,46+,47-/m0/s1. The lowest BCUT2D eigenvalue weighted by atomic mass is 9.99. The first-order valence-corrected chi connectivity index (χ1v) is 24.2. The lowest BCUT2D eigenvalue weighted by Gasteiger charge is -2.40. The van der Waals surface area contributed by atoms with Crippen LogP contribution in [0.3, 0.4) is 0 Å². The molecule has 0 aliphatic carbocycles. The third kappa shape index (κ3) is 28.6. The highest BCUT2D eigenvalue weighted by molar-refractivity contribution is 5.76. The van der Waals surface area contributed by atoms with E-state index in [1.54, 1.807) is 0 Å². The van der Waals surface area contributed by atoms with Crippen molar-refractivity contribution in [3.63, 3.8) is 0 Å². The van der Waals surface area contributed by atoms with E-state index in [4.69, 9.17) is 9.47 Å². The minimum absolute atomic E-state index is 0.132. The fraction of sp³-hybridized carbons (Fsp3) is 0.979. The van der Waals surface area contributed by atoms with Gasteiger partial charge in [0.2, 0.25) is 5.91 Å². The number of carbonyl (C=O) groups excluding carboxylic acids is 1. The molecular formula is C47H93NO8. The summed E-state index contributed by atoms with van der Waals surface area (Å²) in [6.45, 7) is 3.85. The molecule has 9 nitrogen and oxygen atoms in total. The van der Waals surface area contributed by atoms with Crippen LogP contribution in [-0.2, 0) is 14.3 Å². The number of ether oxygens (including phenoxy) is 2. The molecular weight excluding hydrogens is 707 g/mol. The van der Waals surface area contributed by atoms with Crippen LogP contribution in [0.1, 0.15) is 239 Å². The molecule has 7 atom stereocenters. The molecule has 0 aromatic carbocycles. The number of amides is 1. The fourth-order valence-corrected chi connectivity index (χ4v) is 8.04. The second-order valence-electron chi connectivity index (χ2n) is 17.3. The maximum atomic E-state index is 13.0. The number of rotatable bonds is 41. The van der Waals surface area contributed by atoms with Crippen LogP contribution in [0.15, 0.2) is 0 Å². The van der Waals surface area contributed by atoms with Crippen molar-refractivity contribution in [3.05, 3.63) is 0 Å². The van der Waals surface area contributed by atoms with Gasteiger partial charge < -0.3 is 40.3 Å². The Morgan fingerprint density at radius 1 is 0.536 bits per heavy atom. The summed E-state index contributed by atoms with van der Waals surface area (Å²) in [5.74, 6) is -0.140. The zero-order valence-electron chi connectivity index (χ0n) is 36.7. The SMILES string of the molecule is CCCCCCCCCCCCCCCCCCCCCCC(=O)N[C@@H](CO[C@H]1O[C@H](CO)[C@H](O)[C@H](O)[C@H]1O)[C@H](O)CCCCCCCCCCCCCCC. The third-order valence-electron chi connectivity index (χ3n) is 12.0. The smallest absolute Gasteiger partial charge is 0.220 e. The number of carbonyl (C=O) groups is 1. The zero-order chi connectivity index (χ0) is 40.9. The van der Waals surface area contributed by atoms with Crippen LogP contribution < -0.4 is 5.32 Å². The maximum absolute atomic E-state index is 13.0. The van der Waals surface area contributed by atoms with Gasteiger partial charge >= 0.3 is 0 Å². The van der Waals surface area contributed by atoms with E-state index in [0.29, 0.717) is 12.8 Å². The highest BCUT2D eigenvalue weighted by Crippen LogP contribution is 2.23. The van der Waals surface area contributed by atoms with Crippen LogP contribution >= 0.6 is 0 Å². The van der Waals surface area contributed by atoms with E-state index in [1.807, 2.05) is 0 Å². The summed E-state index contributed by atoms with van der Waals surface area (Å²) >= 11 is 0. The van der Waals surface area contributed by atoms with Crippen LogP contribution in [0.4, 0.5) is 0 Å². The van der Waals surface area contributed by atoms with Gasteiger partial charge in [-0.15, -0.1) is 0 Å². The molecule has 1 aliphatic rings. The molecule has 0 bridgehead atoms. The summed E-state index contributed by atoms with van der Waals surface area (Å²) in [4.78, 5) is 13.0. The molecule has 1 fully saturated rings. The number of unbranched alkanes of at least 4 members (excludes halogenated alkanes) is 31. The van der Waals surface area contributed by atoms with Crippen molar-refractivity contribution >= 4 is 5.91 Å². The monoisotopic (exact) mass is 800 g/mol. The third-order valence-corrected chi connectivity index (χ3v) is 12.0. The minimum atomic E-state index is -1.55. The first-order chi connectivity index (χ1) is 27.3. The summed E-state index contributed by atoms with van der Waals surface area (Å²) in [6, 6.07) is -0.711. The molecule has 0 unspecified atom stereocenters. The van der Waals surface area contributed by atoms with E-state index >= 15 is 0 Å². The Morgan fingerprint density at radius 3 is 1.27 bits per heavy atom. The van der Waals surface area contributed by atoms with Gasteiger partial charge in [-0.2, -0.15) is 0 Å². The van der Waals surface area contributed by atoms with Gasteiger partial charge in [0.05, 0.1) is 25.4 Å². The summed E-state index contributed by atoms with van der Waals surface area (Å²) in [5.41, 5.74) is 0. The Morgan fingerprint density at radius 2 is 0.893 bits per heavy atom. The van der Waals surface area contributed by atoms with Crippen molar-refractivity contribution in [1.29, 1.82) is 0 Å². The Bertz CT molecular complexity index is 847. The zero-order valence-corrected chi connectivity index (χ0v) is 36.7. The second kappa shape index (κ2) is 38.4. The van der Waals surface area contributed by atoms with Gasteiger partial charge in [0.1, 0.15) is 24.4 Å². The quantitative estimate of drug-likeness (QED) is 0.0335. The van der Waals surface area contributed by atoms with Crippen molar-refractivity contribution in [2.45, 2.75) is 281 Å². The van der Waals surface area contributed by atoms with Gasteiger partial charge in [-0.25, -0.2) is 0 Å². The molecule has 9 heteroatoms. The van der Waals surface area contributed by atoms with Gasteiger partial charge in [-0.3, -0.25) is 4.79 Å². The van der Waals surface area contributed by atoms with Gasteiger partial charge in [0.15, 0.2) is 6.29 Å². The van der Waals surface area contributed by atoms with E-state index in [1.165, 1.54) is 173 Å². The molecule has 1 aliphatic heterocycles. The van der Waals surface area contributed by atoms with Crippen LogP contribution in [0.5, 0.6) is 0 Å². The molecule has 1 rings (SSSR count). The normalized spacial score (nSPS) is 21.0. The van der Waals surface area contributed by atoms with Gasteiger partial charge in [-0.05, 0) is 12.8 Å². The Balaban J connectivity index is 2.26. The van der Waals surface area contributed by atoms with Crippen LogP contribution in [-0.4, -0.2) is 87.5 Å². The van der Waals surface area contributed by atoms with Crippen LogP contribution in [0.25, 0.3) is 0 Å². The molecule has 0 aromatic rings. The number of aliphatic hydroxyl groups is 5. The fourth-order valence-electron chi connectivity index (χ4n) is 8.04. The van der Waals surface area contributed by atoms with Crippen molar-refractivity contribution in [3.8, 4) is 0 Å². The highest BCUT2D eigenvalue weighted by Gasteiger charge is 2.44. The molecule has 6 N–H and O–H groups in total. The van der Waals surface area contributed by atoms with Gasteiger partial charge in [0, 0.05) is 6.42 Å². The Hall–Kier alpha value is -0.810. The average Bonchev–Trinajstić information content (AvgIpc) is 3.20. The molecule has 1 amide bonds. The minimum Gasteiger partial charge on any atom is -0.394 e. The number of hydrogen-bond donors (Lipinski definition) is 6. The summed E-state index contributed by atoms with van der Waals surface area (Å²) in [5, 5.41) is 54.4. The molecule has 0 aromatic heterocycles. The first kappa shape index (κ1) is 53.2.